The number of carbonyl (C=O) groups is 1. The summed E-state index contributed by atoms with van der Waals surface area (Å²) in [5, 5.41) is 12.3. The summed E-state index contributed by atoms with van der Waals surface area (Å²) in [5.74, 6) is -0.314. The van der Waals surface area contributed by atoms with Gasteiger partial charge in [-0.1, -0.05) is 6.07 Å². The zero-order valence-electron chi connectivity index (χ0n) is 15.2. The Morgan fingerprint density at radius 1 is 1.07 bits per heavy atom. The predicted octanol–water partition coefficient (Wildman–Crippen LogP) is 1.73. The van der Waals surface area contributed by atoms with Crippen LogP contribution in [0.3, 0.4) is 0 Å². The van der Waals surface area contributed by atoms with Crippen LogP contribution in [0.4, 0.5) is 11.4 Å². The summed E-state index contributed by atoms with van der Waals surface area (Å²) < 4.78 is 10.6. The van der Waals surface area contributed by atoms with Crippen LogP contribution in [0.15, 0.2) is 28.1 Å². The molecule has 10 heteroatoms. The molecule has 28 heavy (non-hydrogen) atoms. The van der Waals surface area contributed by atoms with Crippen molar-refractivity contribution in [2.75, 3.05) is 57.5 Å². The number of hydrogen-bond donors (Lipinski definition) is 0. The molecule has 148 valence electrons. The van der Waals surface area contributed by atoms with E-state index in [1.807, 2.05) is 9.80 Å². The molecule has 9 nitrogen and oxygen atoms in total. The summed E-state index contributed by atoms with van der Waals surface area (Å²) in [5.41, 5.74) is 1.21. The van der Waals surface area contributed by atoms with Gasteiger partial charge in [-0.3, -0.25) is 14.9 Å². The molecule has 0 unspecified atom stereocenters. The van der Waals surface area contributed by atoms with Crippen molar-refractivity contribution in [2.24, 2.45) is 4.99 Å². The fourth-order valence-electron chi connectivity index (χ4n) is 3.29. The molecule has 0 bridgehead atoms. The number of amides is 1. The Morgan fingerprint density at radius 2 is 1.71 bits per heavy atom. The minimum absolute atomic E-state index is 0.0287. The first kappa shape index (κ1) is 18.9. The quantitative estimate of drug-likeness (QED) is 0.427. The number of nitro groups is 1. The molecule has 0 saturated carbocycles. The number of amidine groups is 1. The lowest BCUT2D eigenvalue weighted by Gasteiger charge is -2.28. The van der Waals surface area contributed by atoms with Gasteiger partial charge in [-0.2, -0.15) is 4.99 Å². The zero-order chi connectivity index (χ0) is 19.5. The van der Waals surface area contributed by atoms with E-state index >= 15 is 0 Å². The van der Waals surface area contributed by atoms with Gasteiger partial charge < -0.3 is 19.3 Å². The van der Waals surface area contributed by atoms with Crippen molar-refractivity contribution < 1.29 is 19.2 Å². The largest absolute Gasteiger partial charge is 0.378 e. The summed E-state index contributed by atoms with van der Waals surface area (Å²) >= 11 is 1.30. The van der Waals surface area contributed by atoms with Gasteiger partial charge in [-0.25, -0.2) is 0 Å². The lowest BCUT2D eigenvalue weighted by molar-refractivity contribution is -0.384. The first-order valence-electron chi connectivity index (χ1n) is 9.08. The van der Waals surface area contributed by atoms with Crippen LogP contribution in [0.5, 0.6) is 0 Å². The van der Waals surface area contributed by atoms with Gasteiger partial charge in [-0.05, 0) is 29.5 Å². The summed E-state index contributed by atoms with van der Waals surface area (Å²) in [6.45, 7) is 4.96. The third-order valence-electron chi connectivity index (χ3n) is 4.74. The highest BCUT2D eigenvalue weighted by Crippen LogP contribution is 2.34. The minimum atomic E-state index is -0.383. The molecule has 0 N–H and O–H groups in total. The van der Waals surface area contributed by atoms with Crippen LogP contribution in [0, 0.1) is 10.1 Å². The number of nitrogens with zero attached hydrogens (tertiary/aromatic N) is 4. The number of morpholine rings is 2. The van der Waals surface area contributed by atoms with E-state index in [2.05, 4.69) is 4.99 Å². The fourth-order valence-corrected chi connectivity index (χ4v) is 4.25. The van der Waals surface area contributed by atoms with Crippen LogP contribution in [-0.2, 0) is 14.3 Å². The van der Waals surface area contributed by atoms with Gasteiger partial charge in [0.15, 0.2) is 5.17 Å². The van der Waals surface area contributed by atoms with E-state index in [4.69, 9.17) is 9.47 Å². The molecule has 3 aliphatic heterocycles. The second-order valence-electron chi connectivity index (χ2n) is 6.51. The molecule has 0 radical (unpaired) electrons. The molecule has 0 atom stereocenters. The molecule has 3 heterocycles. The molecular formula is C18H20N4O5S. The molecule has 3 aliphatic rings. The van der Waals surface area contributed by atoms with Gasteiger partial charge >= 0.3 is 0 Å². The highest BCUT2D eigenvalue weighted by atomic mass is 32.2. The fraction of sp³-hybridized carbons (Fsp3) is 0.444. The third kappa shape index (κ3) is 4.03. The van der Waals surface area contributed by atoms with Crippen molar-refractivity contribution in [2.45, 2.75) is 0 Å². The van der Waals surface area contributed by atoms with E-state index in [-0.39, 0.29) is 16.5 Å². The number of carbonyl (C=O) groups excluding carboxylic acids is 1. The Bertz CT molecular complexity index is 844. The first-order valence-corrected chi connectivity index (χ1v) is 9.90. The van der Waals surface area contributed by atoms with Crippen molar-refractivity contribution in [3.8, 4) is 0 Å². The maximum absolute atomic E-state index is 12.3. The van der Waals surface area contributed by atoms with Crippen LogP contribution in [0.25, 0.3) is 6.08 Å². The number of aliphatic imine (C=N–C) groups is 1. The number of anilines is 1. The molecule has 2 fully saturated rings. The van der Waals surface area contributed by atoms with Gasteiger partial charge in [0.2, 0.25) is 0 Å². The second kappa shape index (κ2) is 8.29. The van der Waals surface area contributed by atoms with Gasteiger partial charge in [0.25, 0.3) is 11.6 Å². The molecule has 0 spiro atoms. The van der Waals surface area contributed by atoms with E-state index in [9.17, 15) is 14.9 Å². The van der Waals surface area contributed by atoms with Crippen molar-refractivity contribution in [1.82, 2.24) is 4.90 Å². The molecular weight excluding hydrogens is 384 g/mol. The summed E-state index contributed by atoms with van der Waals surface area (Å²) in [6.07, 6.45) is 1.67. The van der Waals surface area contributed by atoms with Crippen LogP contribution in [0.2, 0.25) is 0 Å². The van der Waals surface area contributed by atoms with Crippen LogP contribution in [-0.4, -0.2) is 73.5 Å². The van der Waals surface area contributed by atoms with Crippen LogP contribution < -0.4 is 4.90 Å². The van der Waals surface area contributed by atoms with Crippen molar-refractivity contribution >= 4 is 40.3 Å². The number of thioether (sulfide) groups is 1. The minimum Gasteiger partial charge on any atom is -0.378 e. The lowest BCUT2D eigenvalue weighted by Crippen LogP contribution is -2.38. The third-order valence-corrected chi connectivity index (χ3v) is 5.78. The zero-order valence-corrected chi connectivity index (χ0v) is 16.0. The lowest BCUT2D eigenvalue weighted by atomic mass is 10.1. The van der Waals surface area contributed by atoms with E-state index < -0.39 is 0 Å². The van der Waals surface area contributed by atoms with Gasteiger partial charge in [-0.15, -0.1) is 0 Å². The average molecular weight is 404 g/mol. The highest BCUT2D eigenvalue weighted by Gasteiger charge is 2.28. The van der Waals surface area contributed by atoms with E-state index in [1.54, 1.807) is 18.2 Å². The topological polar surface area (TPSA) is 97.5 Å². The normalized spacial score (nSPS) is 21.9. The molecule has 0 aliphatic carbocycles. The Kier molecular flexibility index (Phi) is 5.60. The van der Waals surface area contributed by atoms with Gasteiger partial charge in [0.1, 0.15) is 5.69 Å². The number of nitro benzene ring substituents is 1. The molecule has 1 aromatic carbocycles. The number of ether oxygens (including phenoxy) is 2. The Hall–Kier alpha value is -2.43. The Balaban J connectivity index is 1.55. The monoisotopic (exact) mass is 404 g/mol. The molecule has 1 aromatic rings. The van der Waals surface area contributed by atoms with Crippen molar-refractivity contribution in [1.29, 1.82) is 0 Å². The summed E-state index contributed by atoms with van der Waals surface area (Å²) in [4.78, 5) is 32.1. The SMILES string of the molecule is O=C1N=C(N2CCOCC2)SC1=Cc1ccc(N2CCOCC2)c([N+](=O)[O-])c1. The van der Waals surface area contributed by atoms with Gasteiger partial charge in [0.05, 0.1) is 36.3 Å². The average Bonchev–Trinajstić information content (AvgIpc) is 3.09. The maximum Gasteiger partial charge on any atom is 0.293 e. The Morgan fingerprint density at radius 3 is 2.36 bits per heavy atom. The molecule has 2 saturated heterocycles. The van der Waals surface area contributed by atoms with Gasteiger partial charge in [0, 0.05) is 32.2 Å². The van der Waals surface area contributed by atoms with Crippen molar-refractivity contribution in [3.05, 3.63) is 38.8 Å². The van der Waals surface area contributed by atoms with Crippen LogP contribution in [0.1, 0.15) is 5.56 Å². The molecule has 0 aromatic heterocycles. The molecule has 4 rings (SSSR count). The highest BCUT2D eigenvalue weighted by molar-refractivity contribution is 8.18. The molecule has 1 amide bonds. The predicted molar refractivity (Wildman–Crippen MR) is 107 cm³/mol. The number of benzene rings is 1. The number of rotatable bonds is 3. The van der Waals surface area contributed by atoms with Crippen molar-refractivity contribution in [3.63, 3.8) is 0 Å². The number of hydrogen-bond acceptors (Lipinski definition) is 8. The van der Waals surface area contributed by atoms with E-state index in [0.29, 0.717) is 73.9 Å². The Labute approximate surface area is 166 Å². The van der Waals surface area contributed by atoms with E-state index in [1.165, 1.54) is 17.8 Å². The smallest absolute Gasteiger partial charge is 0.293 e. The maximum atomic E-state index is 12.3. The van der Waals surface area contributed by atoms with Crippen LogP contribution >= 0.6 is 11.8 Å². The summed E-state index contributed by atoms with van der Waals surface area (Å²) in [7, 11) is 0. The first-order chi connectivity index (χ1) is 13.6. The summed E-state index contributed by atoms with van der Waals surface area (Å²) in [6, 6.07) is 5.05. The second-order valence-corrected chi connectivity index (χ2v) is 7.52. The van der Waals surface area contributed by atoms with E-state index in [0.717, 1.165) is 0 Å². The standard InChI is InChI=1S/C18H20N4O5S/c23-17-16(28-18(19-17)21-5-9-27-10-6-21)12-13-1-2-14(15(11-13)22(24)25)20-3-7-26-8-4-20/h1-2,11-12H,3-10H2.